The summed E-state index contributed by atoms with van der Waals surface area (Å²) in [7, 11) is 0. The molecular formula is C8H12N4O2. The van der Waals surface area contributed by atoms with Gasteiger partial charge >= 0.3 is 0 Å². The van der Waals surface area contributed by atoms with Gasteiger partial charge in [0.05, 0.1) is 5.69 Å². The zero-order valence-electron chi connectivity index (χ0n) is 8.00. The zero-order valence-corrected chi connectivity index (χ0v) is 8.00. The Balaban J connectivity index is 3.22. The van der Waals surface area contributed by atoms with Crippen LogP contribution >= 0.6 is 0 Å². The lowest BCUT2D eigenvalue weighted by Gasteiger charge is -2.04. The van der Waals surface area contributed by atoms with Gasteiger partial charge in [-0.25, -0.2) is 10.9 Å². The van der Waals surface area contributed by atoms with Gasteiger partial charge in [-0.2, -0.15) is 5.10 Å². The maximum atomic E-state index is 11.2. The average Bonchev–Trinajstić information content (AvgIpc) is 2.17. The molecule has 0 atom stereocenters. The van der Waals surface area contributed by atoms with Crippen molar-refractivity contribution in [3.63, 3.8) is 0 Å². The quantitative estimate of drug-likeness (QED) is 0.337. The number of rotatable bonds is 2. The number of nitrogens with zero attached hydrogens (tertiary/aromatic N) is 1. The van der Waals surface area contributed by atoms with Gasteiger partial charge in [-0.15, -0.1) is 0 Å². The van der Waals surface area contributed by atoms with Crippen LogP contribution in [-0.2, 0) is 0 Å². The molecule has 0 aliphatic carbocycles. The first-order valence-electron chi connectivity index (χ1n) is 4.16. The van der Waals surface area contributed by atoms with Gasteiger partial charge in [0, 0.05) is 0 Å². The van der Waals surface area contributed by atoms with E-state index in [0.29, 0.717) is 5.69 Å². The summed E-state index contributed by atoms with van der Waals surface area (Å²) in [5.41, 5.74) is 1.98. The predicted octanol–water partition coefficient (Wildman–Crippen LogP) is -0.503. The molecule has 6 heteroatoms. The van der Waals surface area contributed by atoms with Gasteiger partial charge < -0.3 is 0 Å². The van der Waals surface area contributed by atoms with Crippen molar-refractivity contribution in [3.05, 3.63) is 27.7 Å². The standard InChI is InChI=1S/C8H12N4O2/c1-4(2)6-3-5(7(13)10-9)8(14)12-11-6/h3-4H,9H2,1-2H3,(H,10,13)(H,12,14). The maximum Gasteiger partial charge on any atom is 0.277 e. The Morgan fingerprint density at radius 2 is 2.29 bits per heavy atom. The minimum atomic E-state index is -0.615. The molecule has 76 valence electrons. The van der Waals surface area contributed by atoms with E-state index in [1.165, 1.54) is 6.07 Å². The second kappa shape index (κ2) is 4.01. The van der Waals surface area contributed by atoms with Crippen molar-refractivity contribution in [1.82, 2.24) is 15.6 Å². The van der Waals surface area contributed by atoms with Crippen molar-refractivity contribution in [1.29, 1.82) is 0 Å². The molecule has 0 aliphatic heterocycles. The lowest BCUT2D eigenvalue weighted by molar-refractivity contribution is 0.0951. The number of hydrogen-bond acceptors (Lipinski definition) is 4. The van der Waals surface area contributed by atoms with Crippen molar-refractivity contribution < 1.29 is 4.79 Å². The van der Waals surface area contributed by atoms with Crippen LogP contribution in [0.2, 0.25) is 0 Å². The molecular weight excluding hydrogens is 184 g/mol. The monoisotopic (exact) mass is 196 g/mol. The van der Waals surface area contributed by atoms with E-state index >= 15 is 0 Å². The van der Waals surface area contributed by atoms with E-state index in [4.69, 9.17) is 5.84 Å². The van der Waals surface area contributed by atoms with Crippen molar-refractivity contribution in [2.75, 3.05) is 0 Å². The summed E-state index contributed by atoms with van der Waals surface area (Å²) in [6.07, 6.45) is 0. The van der Waals surface area contributed by atoms with Gasteiger partial charge in [0.15, 0.2) is 0 Å². The summed E-state index contributed by atoms with van der Waals surface area (Å²) in [4.78, 5) is 22.3. The van der Waals surface area contributed by atoms with E-state index < -0.39 is 11.5 Å². The van der Waals surface area contributed by atoms with Crippen LogP contribution in [0.3, 0.4) is 0 Å². The number of aromatic nitrogens is 2. The normalized spacial score (nSPS) is 10.3. The Morgan fingerprint density at radius 1 is 1.64 bits per heavy atom. The molecule has 0 aromatic carbocycles. The molecule has 1 aromatic rings. The van der Waals surface area contributed by atoms with Crippen molar-refractivity contribution in [2.45, 2.75) is 19.8 Å². The molecule has 0 fully saturated rings. The Labute approximate surface area is 80.5 Å². The molecule has 1 rings (SSSR count). The van der Waals surface area contributed by atoms with Gasteiger partial charge in [-0.3, -0.25) is 15.0 Å². The van der Waals surface area contributed by atoms with Crippen LogP contribution in [0.25, 0.3) is 0 Å². The summed E-state index contributed by atoms with van der Waals surface area (Å²) in [6.45, 7) is 3.82. The molecule has 0 spiro atoms. The number of nitrogens with two attached hydrogens (primary N) is 1. The van der Waals surface area contributed by atoms with Crippen LogP contribution in [-0.4, -0.2) is 16.1 Å². The fourth-order valence-corrected chi connectivity index (χ4v) is 0.963. The number of nitrogens with one attached hydrogen (secondary N) is 2. The smallest absolute Gasteiger partial charge is 0.277 e. The molecule has 0 aliphatic rings. The number of H-pyrrole nitrogens is 1. The lowest BCUT2D eigenvalue weighted by Crippen LogP contribution is -2.35. The molecule has 0 bridgehead atoms. The van der Waals surface area contributed by atoms with Gasteiger partial charge in [0.1, 0.15) is 5.56 Å². The maximum absolute atomic E-state index is 11.2. The molecule has 0 saturated heterocycles. The third kappa shape index (κ3) is 1.97. The second-order valence-electron chi connectivity index (χ2n) is 3.16. The highest BCUT2D eigenvalue weighted by Crippen LogP contribution is 2.09. The minimum absolute atomic E-state index is 0.0220. The predicted molar refractivity (Wildman–Crippen MR) is 50.6 cm³/mol. The minimum Gasteiger partial charge on any atom is -0.290 e. The van der Waals surface area contributed by atoms with Crippen molar-refractivity contribution >= 4 is 5.91 Å². The molecule has 1 heterocycles. The first-order chi connectivity index (χ1) is 6.56. The molecule has 14 heavy (non-hydrogen) atoms. The number of aromatic amines is 1. The second-order valence-corrected chi connectivity index (χ2v) is 3.16. The Kier molecular flexibility index (Phi) is 2.98. The van der Waals surface area contributed by atoms with Gasteiger partial charge in [0.2, 0.25) is 0 Å². The van der Waals surface area contributed by atoms with Crippen LogP contribution < -0.4 is 16.8 Å². The van der Waals surface area contributed by atoms with Crippen molar-refractivity contribution in [2.24, 2.45) is 5.84 Å². The average molecular weight is 196 g/mol. The molecule has 1 aromatic heterocycles. The van der Waals surface area contributed by atoms with Crippen LogP contribution in [0.5, 0.6) is 0 Å². The molecule has 0 unspecified atom stereocenters. The first kappa shape index (κ1) is 10.4. The fourth-order valence-electron chi connectivity index (χ4n) is 0.963. The van der Waals surface area contributed by atoms with E-state index in [1.54, 1.807) is 0 Å². The van der Waals surface area contributed by atoms with Gasteiger partial charge in [-0.05, 0) is 12.0 Å². The number of amides is 1. The van der Waals surface area contributed by atoms with E-state index in [0.717, 1.165) is 0 Å². The Bertz CT molecular complexity index is 397. The highest BCUT2D eigenvalue weighted by molar-refractivity contribution is 5.93. The van der Waals surface area contributed by atoms with E-state index in [-0.39, 0.29) is 11.5 Å². The highest BCUT2D eigenvalue weighted by Gasteiger charge is 2.11. The van der Waals surface area contributed by atoms with Crippen LogP contribution in [0.15, 0.2) is 10.9 Å². The first-order valence-corrected chi connectivity index (χ1v) is 4.16. The number of carbonyl (C=O) groups excluding carboxylic acids is 1. The van der Waals surface area contributed by atoms with E-state index in [1.807, 2.05) is 19.3 Å². The van der Waals surface area contributed by atoms with E-state index in [9.17, 15) is 9.59 Å². The third-order valence-electron chi connectivity index (χ3n) is 1.79. The number of hydrogen-bond donors (Lipinski definition) is 3. The lowest BCUT2D eigenvalue weighted by atomic mass is 10.1. The largest absolute Gasteiger partial charge is 0.290 e. The Hall–Kier alpha value is -1.69. The molecule has 0 radical (unpaired) electrons. The van der Waals surface area contributed by atoms with E-state index in [2.05, 4.69) is 10.2 Å². The molecule has 4 N–H and O–H groups in total. The number of carbonyl (C=O) groups is 1. The molecule has 1 amide bonds. The number of nitrogen functional groups attached to an aromatic ring is 1. The van der Waals surface area contributed by atoms with Crippen LogP contribution in [0, 0.1) is 0 Å². The molecule has 0 saturated carbocycles. The van der Waals surface area contributed by atoms with Gasteiger partial charge in [0.25, 0.3) is 11.5 Å². The summed E-state index contributed by atoms with van der Waals surface area (Å²) >= 11 is 0. The SMILES string of the molecule is CC(C)c1cc(C(=O)NN)c(=O)[nH]n1. The number of hydrazine groups is 1. The summed E-state index contributed by atoms with van der Waals surface area (Å²) < 4.78 is 0. The van der Waals surface area contributed by atoms with Gasteiger partial charge in [-0.1, -0.05) is 13.8 Å². The molecule has 6 nitrogen and oxygen atoms in total. The zero-order chi connectivity index (χ0) is 10.7. The highest BCUT2D eigenvalue weighted by atomic mass is 16.2. The summed E-state index contributed by atoms with van der Waals surface area (Å²) in [6, 6.07) is 1.44. The Morgan fingerprint density at radius 3 is 2.79 bits per heavy atom. The summed E-state index contributed by atoms with van der Waals surface area (Å²) in [5.74, 6) is 4.45. The fraction of sp³-hybridized carbons (Fsp3) is 0.375. The third-order valence-corrected chi connectivity index (χ3v) is 1.79. The van der Waals surface area contributed by atoms with Crippen molar-refractivity contribution in [3.8, 4) is 0 Å². The summed E-state index contributed by atoms with van der Waals surface area (Å²) in [5, 5.41) is 6.04. The van der Waals surface area contributed by atoms with Crippen LogP contribution in [0.1, 0.15) is 35.8 Å². The topological polar surface area (TPSA) is 101 Å². The van der Waals surface area contributed by atoms with Crippen LogP contribution in [0.4, 0.5) is 0 Å².